The zero-order chi connectivity index (χ0) is 12.8. The Labute approximate surface area is 115 Å². The molecule has 18 heavy (non-hydrogen) atoms. The monoisotopic (exact) mass is 287 g/mol. The molecule has 100 valence electrons. The van der Waals surface area contributed by atoms with Crippen molar-refractivity contribution in [3.63, 3.8) is 0 Å². The van der Waals surface area contributed by atoms with Crippen molar-refractivity contribution in [2.75, 3.05) is 32.1 Å². The quantitative estimate of drug-likeness (QED) is 0.812. The molecule has 2 N–H and O–H groups in total. The van der Waals surface area contributed by atoms with Gasteiger partial charge in [-0.15, -0.1) is 11.3 Å². The fourth-order valence-electron chi connectivity index (χ4n) is 1.69. The second kappa shape index (κ2) is 7.08. The van der Waals surface area contributed by atoms with E-state index in [4.69, 9.17) is 10.5 Å². The molecular weight excluding hydrogens is 270 g/mol. The molecule has 0 aliphatic carbocycles. The lowest BCUT2D eigenvalue weighted by atomic mass is 10.2. The Morgan fingerprint density at radius 3 is 3.06 bits per heavy atom. The highest BCUT2D eigenvalue weighted by Crippen LogP contribution is 2.21. The van der Waals surface area contributed by atoms with Gasteiger partial charge in [0.1, 0.15) is 4.34 Å². The lowest BCUT2D eigenvalue weighted by Crippen LogP contribution is -2.43. The largest absolute Gasteiger partial charge is 0.378 e. The molecule has 1 fully saturated rings. The first kappa shape index (κ1) is 13.8. The maximum atomic E-state index is 11.9. The zero-order valence-corrected chi connectivity index (χ0v) is 11.7. The standard InChI is InChI=1S/C11H17N3O2S2/c12-9(8-18-11-13-1-6-17-11)7-10(15)14-2-4-16-5-3-14/h1,6,9H,2-5,7-8,12H2/t9-/m1/s1. The van der Waals surface area contributed by atoms with E-state index in [0.717, 1.165) is 10.1 Å². The van der Waals surface area contributed by atoms with E-state index in [1.165, 1.54) is 0 Å². The van der Waals surface area contributed by atoms with E-state index in [1.54, 1.807) is 29.3 Å². The van der Waals surface area contributed by atoms with E-state index < -0.39 is 0 Å². The molecule has 5 nitrogen and oxygen atoms in total. The third kappa shape index (κ3) is 4.24. The molecule has 7 heteroatoms. The fraction of sp³-hybridized carbons (Fsp3) is 0.636. The number of ether oxygens (including phenoxy) is 1. The topological polar surface area (TPSA) is 68.5 Å². The van der Waals surface area contributed by atoms with Crippen molar-refractivity contribution in [2.45, 2.75) is 16.8 Å². The van der Waals surface area contributed by atoms with Gasteiger partial charge in [-0.05, 0) is 0 Å². The van der Waals surface area contributed by atoms with Crippen LogP contribution in [0.1, 0.15) is 6.42 Å². The van der Waals surface area contributed by atoms with Crippen molar-refractivity contribution in [2.24, 2.45) is 5.73 Å². The van der Waals surface area contributed by atoms with Crippen LogP contribution in [0.25, 0.3) is 0 Å². The maximum Gasteiger partial charge on any atom is 0.224 e. The van der Waals surface area contributed by atoms with Gasteiger partial charge in [0.2, 0.25) is 5.91 Å². The van der Waals surface area contributed by atoms with E-state index in [1.807, 2.05) is 10.3 Å². The summed E-state index contributed by atoms with van der Waals surface area (Å²) >= 11 is 3.21. The van der Waals surface area contributed by atoms with Crippen molar-refractivity contribution in [1.82, 2.24) is 9.88 Å². The number of thiazole rings is 1. The third-order valence-corrected chi connectivity index (χ3v) is 4.79. The van der Waals surface area contributed by atoms with Gasteiger partial charge in [-0.2, -0.15) is 0 Å². The average Bonchev–Trinajstić information content (AvgIpc) is 2.90. The van der Waals surface area contributed by atoms with Gasteiger partial charge in [-0.25, -0.2) is 4.98 Å². The zero-order valence-electron chi connectivity index (χ0n) is 10.1. The van der Waals surface area contributed by atoms with Crippen LogP contribution >= 0.6 is 23.1 Å². The number of carbonyl (C=O) groups is 1. The SMILES string of the molecule is N[C@@H](CSc1nccs1)CC(=O)N1CCOCC1. The smallest absolute Gasteiger partial charge is 0.224 e. The Hall–Kier alpha value is -0.630. The van der Waals surface area contributed by atoms with Crippen LogP contribution < -0.4 is 5.73 Å². The van der Waals surface area contributed by atoms with E-state index in [0.29, 0.717) is 32.7 Å². The summed E-state index contributed by atoms with van der Waals surface area (Å²) < 4.78 is 6.22. The molecule has 0 saturated carbocycles. The van der Waals surface area contributed by atoms with E-state index in [2.05, 4.69) is 4.98 Å². The number of nitrogens with zero attached hydrogens (tertiary/aromatic N) is 2. The summed E-state index contributed by atoms with van der Waals surface area (Å²) in [6, 6.07) is -0.116. The van der Waals surface area contributed by atoms with Gasteiger partial charge in [0.25, 0.3) is 0 Å². The molecule has 2 rings (SSSR count). The lowest BCUT2D eigenvalue weighted by Gasteiger charge is -2.27. The van der Waals surface area contributed by atoms with Crippen molar-refractivity contribution in [3.8, 4) is 0 Å². The molecule has 0 bridgehead atoms. The van der Waals surface area contributed by atoms with Crippen LogP contribution in [0.3, 0.4) is 0 Å². The molecule has 2 heterocycles. The highest BCUT2D eigenvalue weighted by Gasteiger charge is 2.19. The van der Waals surface area contributed by atoms with Crippen LogP contribution in [0.5, 0.6) is 0 Å². The predicted molar refractivity (Wildman–Crippen MR) is 72.8 cm³/mol. The van der Waals surface area contributed by atoms with Crippen molar-refractivity contribution >= 4 is 29.0 Å². The van der Waals surface area contributed by atoms with Crippen LogP contribution in [0, 0.1) is 0 Å². The third-order valence-electron chi connectivity index (χ3n) is 2.63. The molecule has 1 aromatic heterocycles. The van der Waals surface area contributed by atoms with Crippen LogP contribution in [-0.4, -0.2) is 53.9 Å². The molecule has 0 unspecified atom stereocenters. The average molecular weight is 287 g/mol. The van der Waals surface area contributed by atoms with Gasteiger partial charge in [0, 0.05) is 42.9 Å². The molecule has 0 radical (unpaired) electrons. The maximum absolute atomic E-state index is 11.9. The normalized spacial score (nSPS) is 17.7. The molecule has 1 amide bonds. The second-order valence-corrected chi connectivity index (χ2v) is 6.23. The summed E-state index contributed by atoms with van der Waals surface area (Å²) in [4.78, 5) is 17.9. The second-order valence-electron chi connectivity index (χ2n) is 4.07. The Kier molecular flexibility index (Phi) is 5.43. The number of nitrogens with two attached hydrogens (primary N) is 1. The molecule has 1 atom stereocenters. The number of hydrogen-bond acceptors (Lipinski definition) is 6. The number of rotatable bonds is 5. The number of thioether (sulfide) groups is 1. The predicted octanol–water partition coefficient (Wildman–Crippen LogP) is 0.811. The molecule has 1 aromatic rings. The Balaban J connectivity index is 1.69. The van der Waals surface area contributed by atoms with Crippen molar-refractivity contribution in [3.05, 3.63) is 11.6 Å². The number of hydrogen-bond donors (Lipinski definition) is 1. The number of carbonyl (C=O) groups excluding carboxylic acids is 1. The minimum atomic E-state index is -0.116. The van der Waals surface area contributed by atoms with E-state index in [9.17, 15) is 4.79 Å². The fourth-order valence-corrected chi connectivity index (χ4v) is 3.30. The van der Waals surface area contributed by atoms with Gasteiger partial charge in [-0.1, -0.05) is 11.8 Å². The van der Waals surface area contributed by atoms with Gasteiger partial charge < -0.3 is 15.4 Å². The van der Waals surface area contributed by atoms with Crippen LogP contribution in [0.15, 0.2) is 15.9 Å². The molecule has 0 aromatic carbocycles. The number of amides is 1. The van der Waals surface area contributed by atoms with Crippen LogP contribution in [0.2, 0.25) is 0 Å². The minimum Gasteiger partial charge on any atom is -0.378 e. The molecule has 0 spiro atoms. The summed E-state index contributed by atoms with van der Waals surface area (Å²) in [5.74, 6) is 0.856. The summed E-state index contributed by atoms with van der Waals surface area (Å²) in [6.07, 6.45) is 2.18. The van der Waals surface area contributed by atoms with Gasteiger partial charge in [0.15, 0.2) is 0 Å². The molecule has 1 saturated heterocycles. The number of morpholine rings is 1. The first-order valence-corrected chi connectivity index (χ1v) is 7.75. The number of aromatic nitrogens is 1. The molecular formula is C11H17N3O2S2. The summed E-state index contributed by atoms with van der Waals surface area (Å²) in [6.45, 7) is 2.64. The van der Waals surface area contributed by atoms with E-state index >= 15 is 0 Å². The molecule has 1 aliphatic rings. The van der Waals surface area contributed by atoms with Crippen molar-refractivity contribution in [1.29, 1.82) is 0 Å². The van der Waals surface area contributed by atoms with E-state index in [-0.39, 0.29) is 11.9 Å². The first-order chi connectivity index (χ1) is 8.75. The minimum absolute atomic E-state index is 0.116. The Bertz CT molecular complexity index is 366. The van der Waals surface area contributed by atoms with Gasteiger partial charge in [-0.3, -0.25) is 4.79 Å². The van der Waals surface area contributed by atoms with Crippen LogP contribution in [0.4, 0.5) is 0 Å². The highest BCUT2D eigenvalue weighted by molar-refractivity contribution is 8.01. The lowest BCUT2D eigenvalue weighted by molar-refractivity contribution is -0.135. The van der Waals surface area contributed by atoms with Gasteiger partial charge >= 0.3 is 0 Å². The Morgan fingerprint density at radius 1 is 1.61 bits per heavy atom. The summed E-state index contributed by atoms with van der Waals surface area (Å²) in [5, 5.41) is 1.94. The Morgan fingerprint density at radius 2 is 2.39 bits per heavy atom. The first-order valence-electron chi connectivity index (χ1n) is 5.89. The van der Waals surface area contributed by atoms with Crippen LogP contribution in [-0.2, 0) is 9.53 Å². The summed E-state index contributed by atoms with van der Waals surface area (Å²) in [5.41, 5.74) is 5.98. The highest BCUT2D eigenvalue weighted by atomic mass is 32.2. The summed E-state index contributed by atoms with van der Waals surface area (Å²) in [7, 11) is 0. The molecule has 1 aliphatic heterocycles. The van der Waals surface area contributed by atoms with Gasteiger partial charge in [0.05, 0.1) is 13.2 Å². The van der Waals surface area contributed by atoms with Crippen molar-refractivity contribution < 1.29 is 9.53 Å².